The van der Waals surface area contributed by atoms with E-state index in [0.717, 1.165) is 30.3 Å². The highest BCUT2D eigenvalue weighted by Gasteiger charge is 2.16. The summed E-state index contributed by atoms with van der Waals surface area (Å²) in [6, 6.07) is 0. The minimum atomic E-state index is 0.163. The van der Waals surface area contributed by atoms with E-state index in [-0.39, 0.29) is 5.38 Å². The second kappa shape index (κ2) is 7.17. The van der Waals surface area contributed by atoms with Gasteiger partial charge in [-0.05, 0) is 5.92 Å². The Balaban J connectivity index is 2.44. The summed E-state index contributed by atoms with van der Waals surface area (Å²) >= 11 is 7.78. The van der Waals surface area contributed by atoms with Crippen LogP contribution in [0.3, 0.4) is 0 Å². The highest BCUT2D eigenvalue weighted by Crippen LogP contribution is 2.21. The Morgan fingerprint density at radius 1 is 1.29 bits per heavy atom. The van der Waals surface area contributed by atoms with E-state index in [9.17, 15) is 0 Å². The van der Waals surface area contributed by atoms with Gasteiger partial charge in [-0.15, -0.1) is 11.6 Å². The van der Waals surface area contributed by atoms with Gasteiger partial charge in [-0.1, -0.05) is 40.5 Å². The van der Waals surface area contributed by atoms with E-state index in [1.165, 1.54) is 11.5 Å². The number of halogens is 1. The molecule has 0 amide bonds. The lowest BCUT2D eigenvalue weighted by Gasteiger charge is -2.19. The Morgan fingerprint density at radius 3 is 2.41 bits per heavy atom. The summed E-state index contributed by atoms with van der Waals surface area (Å²) in [6.45, 7) is 9.33. The predicted octanol–water partition coefficient (Wildman–Crippen LogP) is 4.12. The quantitative estimate of drug-likeness (QED) is 0.761. The Bertz CT molecular complexity index is 323. The molecule has 0 saturated heterocycles. The molecule has 0 fully saturated rings. The third kappa shape index (κ3) is 4.43. The summed E-state index contributed by atoms with van der Waals surface area (Å²) in [5.74, 6) is 1.86. The number of hydrogen-bond acceptors (Lipinski definition) is 4. The average molecular weight is 276 g/mol. The van der Waals surface area contributed by atoms with E-state index < -0.39 is 0 Å². The fraction of sp³-hybridized carbons (Fsp3) is 0.833. The predicted molar refractivity (Wildman–Crippen MR) is 76.2 cm³/mol. The molecule has 1 unspecified atom stereocenters. The molecule has 0 aliphatic rings. The number of nitrogens with zero attached hydrogens (tertiary/aromatic N) is 2. The number of alkyl halides is 1. The number of nitrogens with one attached hydrogen (secondary N) is 1. The average Bonchev–Trinajstić information content (AvgIpc) is 2.76. The molecule has 1 aromatic rings. The molecule has 0 aliphatic heterocycles. The van der Waals surface area contributed by atoms with E-state index in [1.54, 1.807) is 0 Å². The van der Waals surface area contributed by atoms with Gasteiger partial charge in [0.25, 0.3) is 0 Å². The molecule has 1 atom stereocenters. The summed E-state index contributed by atoms with van der Waals surface area (Å²) in [7, 11) is 0. The van der Waals surface area contributed by atoms with E-state index in [0.29, 0.717) is 11.8 Å². The van der Waals surface area contributed by atoms with E-state index in [1.807, 2.05) is 0 Å². The third-order valence-electron chi connectivity index (χ3n) is 2.97. The first-order valence-electron chi connectivity index (χ1n) is 6.29. The molecule has 0 aliphatic carbocycles. The minimum absolute atomic E-state index is 0.163. The molecule has 1 rings (SSSR count). The lowest BCUT2D eigenvalue weighted by molar-refractivity contribution is 0.475. The van der Waals surface area contributed by atoms with Gasteiger partial charge in [0.1, 0.15) is 5.82 Å². The number of anilines is 1. The summed E-state index contributed by atoms with van der Waals surface area (Å²) < 4.78 is 4.30. The lowest BCUT2D eigenvalue weighted by Crippen LogP contribution is -2.22. The zero-order valence-electron chi connectivity index (χ0n) is 11.0. The van der Waals surface area contributed by atoms with Crippen molar-refractivity contribution in [3.8, 4) is 0 Å². The van der Waals surface area contributed by atoms with Crippen LogP contribution in [0.15, 0.2) is 0 Å². The molecule has 0 bridgehead atoms. The lowest BCUT2D eigenvalue weighted by atomic mass is 9.99. The molecule has 0 radical (unpaired) electrons. The van der Waals surface area contributed by atoms with Crippen LogP contribution in [0.1, 0.15) is 52.3 Å². The topological polar surface area (TPSA) is 37.8 Å². The van der Waals surface area contributed by atoms with Gasteiger partial charge in [0.15, 0.2) is 0 Å². The van der Waals surface area contributed by atoms with Crippen LogP contribution in [0.4, 0.5) is 5.13 Å². The monoisotopic (exact) mass is 275 g/mol. The Hall–Kier alpha value is -0.350. The molecule has 0 spiro atoms. The van der Waals surface area contributed by atoms with Crippen molar-refractivity contribution in [3.05, 3.63) is 5.82 Å². The highest BCUT2D eigenvalue weighted by atomic mass is 35.5. The smallest absolute Gasteiger partial charge is 0.202 e. The van der Waals surface area contributed by atoms with Crippen LogP contribution in [-0.4, -0.2) is 21.3 Å². The highest BCUT2D eigenvalue weighted by molar-refractivity contribution is 7.09. The molecule has 1 N–H and O–H groups in total. The van der Waals surface area contributed by atoms with Crippen LogP contribution >= 0.6 is 23.1 Å². The van der Waals surface area contributed by atoms with Crippen molar-refractivity contribution in [2.75, 3.05) is 11.9 Å². The van der Waals surface area contributed by atoms with Gasteiger partial charge in [-0.3, -0.25) is 0 Å². The molecule has 1 aromatic heterocycles. The fourth-order valence-electron chi connectivity index (χ4n) is 1.69. The molecule has 17 heavy (non-hydrogen) atoms. The second-order valence-corrected chi connectivity index (χ2v) is 5.90. The first kappa shape index (κ1) is 14.7. The zero-order chi connectivity index (χ0) is 12.8. The molecule has 98 valence electrons. The molecule has 0 saturated carbocycles. The molecular weight excluding hydrogens is 254 g/mol. The zero-order valence-corrected chi connectivity index (χ0v) is 12.6. The van der Waals surface area contributed by atoms with Crippen molar-refractivity contribution >= 4 is 28.3 Å². The van der Waals surface area contributed by atoms with Gasteiger partial charge >= 0.3 is 0 Å². The van der Waals surface area contributed by atoms with Crippen molar-refractivity contribution in [3.63, 3.8) is 0 Å². The summed E-state index contributed by atoms with van der Waals surface area (Å²) in [5.41, 5.74) is 0. The maximum Gasteiger partial charge on any atom is 0.202 e. The van der Waals surface area contributed by atoms with Crippen LogP contribution in [0.2, 0.25) is 0 Å². The summed E-state index contributed by atoms with van der Waals surface area (Å²) in [4.78, 5) is 4.43. The maximum absolute atomic E-state index is 6.36. The van der Waals surface area contributed by atoms with Crippen LogP contribution in [0.5, 0.6) is 0 Å². The fourth-order valence-corrected chi connectivity index (χ4v) is 2.84. The third-order valence-corrected chi connectivity index (χ3v) is 4.16. The van der Waals surface area contributed by atoms with E-state index in [2.05, 4.69) is 42.4 Å². The van der Waals surface area contributed by atoms with Crippen molar-refractivity contribution in [1.29, 1.82) is 0 Å². The Labute approximate surface area is 113 Å². The van der Waals surface area contributed by atoms with Gasteiger partial charge < -0.3 is 5.32 Å². The van der Waals surface area contributed by atoms with Crippen molar-refractivity contribution in [1.82, 2.24) is 9.36 Å². The van der Waals surface area contributed by atoms with Gasteiger partial charge in [0, 0.05) is 24.0 Å². The summed E-state index contributed by atoms with van der Waals surface area (Å²) in [5, 5.41) is 4.33. The van der Waals surface area contributed by atoms with Crippen LogP contribution in [-0.2, 0) is 0 Å². The van der Waals surface area contributed by atoms with Crippen LogP contribution in [0.25, 0.3) is 0 Å². The minimum Gasteiger partial charge on any atom is -0.359 e. The number of rotatable bonds is 7. The van der Waals surface area contributed by atoms with Crippen LogP contribution in [0, 0.1) is 5.92 Å². The summed E-state index contributed by atoms with van der Waals surface area (Å²) in [6.07, 6.45) is 2.25. The molecule has 1 heterocycles. The van der Waals surface area contributed by atoms with Crippen LogP contribution < -0.4 is 5.32 Å². The second-order valence-electron chi connectivity index (χ2n) is 4.59. The van der Waals surface area contributed by atoms with Gasteiger partial charge in [-0.25, -0.2) is 4.98 Å². The largest absolute Gasteiger partial charge is 0.359 e. The van der Waals surface area contributed by atoms with Crippen molar-refractivity contribution < 1.29 is 0 Å². The molecule has 3 nitrogen and oxygen atoms in total. The van der Waals surface area contributed by atoms with Gasteiger partial charge in [0.05, 0.1) is 5.38 Å². The van der Waals surface area contributed by atoms with Crippen molar-refractivity contribution in [2.24, 2.45) is 5.92 Å². The molecular formula is C12H22ClN3S. The van der Waals surface area contributed by atoms with Gasteiger partial charge in [-0.2, -0.15) is 4.37 Å². The van der Waals surface area contributed by atoms with Gasteiger partial charge in [0.2, 0.25) is 5.13 Å². The molecule has 5 heteroatoms. The standard InChI is InChI=1S/C12H22ClN3S/c1-5-9(6-2)10(13)7-14-12-15-11(8(3)4)16-17-12/h8-10H,5-7H2,1-4H3,(H,14,15,16). The van der Waals surface area contributed by atoms with E-state index in [4.69, 9.17) is 11.6 Å². The molecule has 0 aromatic carbocycles. The normalized spacial score (nSPS) is 13.4. The number of hydrogen-bond donors (Lipinski definition) is 1. The SMILES string of the molecule is CCC(CC)C(Cl)CNc1nc(C(C)C)ns1. The maximum atomic E-state index is 6.36. The van der Waals surface area contributed by atoms with Crippen molar-refractivity contribution in [2.45, 2.75) is 51.8 Å². The number of aromatic nitrogens is 2. The first-order valence-corrected chi connectivity index (χ1v) is 7.50. The first-order chi connectivity index (χ1) is 8.08. The van der Waals surface area contributed by atoms with E-state index >= 15 is 0 Å². The Kier molecular flexibility index (Phi) is 6.20. The Morgan fingerprint density at radius 2 is 1.94 bits per heavy atom.